The van der Waals surface area contributed by atoms with Crippen LogP contribution in [0.1, 0.15) is 99.9 Å². The highest BCUT2D eigenvalue weighted by atomic mass is 16.2. The first kappa shape index (κ1) is 24.5. The fourth-order valence-electron chi connectivity index (χ4n) is 5.16. The summed E-state index contributed by atoms with van der Waals surface area (Å²) in [6.45, 7) is 11.0. The molecule has 2 amide bonds. The quantitative estimate of drug-likeness (QED) is 0.682. The number of nitrogens with zero attached hydrogens (tertiary/aromatic N) is 3. The molecule has 0 saturated heterocycles. The van der Waals surface area contributed by atoms with E-state index >= 15 is 0 Å². The highest BCUT2D eigenvalue weighted by Crippen LogP contribution is 2.32. The van der Waals surface area contributed by atoms with E-state index in [2.05, 4.69) is 39.1 Å². The highest BCUT2D eigenvalue weighted by molar-refractivity contribution is 5.99. The summed E-state index contributed by atoms with van der Waals surface area (Å²) in [5.74, 6) is -0.203. The molecule has 2 aliphatic rings. The fourth-order valence-corrected chi connectivity index (χ4v) is 5.16. The summed E-state index contributed by atoms with van der Waals surface area (Å²) in [6.07, 6.45) is 8.05. The molecule has 2 heterocycles. The van der Waals surface area contributed by atoms with Gasteiger partial charge in [0.25, 0.3) is 5.91 Å². The molecule has 1 fully saturated rings. The maximum absolute atomic E-state index is 13.9. The number of hydrogen-bond donors (Lipinski definition) is 1. The van der Waals surface area contributed by atoms with Crippen LogP contribution >= 0.6 is 0 Å². The molecule has 6 heteroatoms. The van der Waals surface area contributed by atoms with E-state index in [0.29, 0.717) is 18.8 Å². The third-order valence-electron chi connectivity index (χ3n) is 7.59. The summed E-state index contributed by atoms with van der Waals surface area (Å²) in [6, 6.07) is 10.2. The van der Waals surface area contributed by atoms with Crippen LogP contribution in [-0.4, -0.2) is 38.1 Å². The van der Waals surface area contributed by atoms with Crippen LogP contribution in [0, 0.1) is 6.92 Å². The van der Waals surface area contributed by atoms with E-state index in [4.69, 9.17) is 5.10 Å². The van der Waals surface area contributed by atoms with E-state index in [0.717, 1.165) is 42.5 Å². The molecule has 1 aromatic carbocycles. The summed E-state index contributed by atoms with van der Waals surface area (Å²) in [4.78, 5) is 29.5. The minimum atomic E-state index is -1.02. The third-order valence-corrected chi connectivity index (χ3v) is 7.59. The minimum absolute atomic E-state index is 0.0709. The Kier molecular flexibility index (Phi) is 6.88. The van der Waals surface area contributed by atoms with Crippen molar-refractivity contribution in [2.45, 2.75) is 110 Å². The summed E-state index contributed by atoms with van der Waals surface area (Å²) in [5, 5.41) is 8.11. The van der Waals surface area contributed by atoms with Gasteiger partial charge in [0, 0.05) is 18.0 Å². The normalized spacial score (nSPS) is 22.1. The summed E-state index contributed by atoms with van der Waals surface area (Å²) in [5.41, 5.74) is 2.42. The molecule has 1 aromatic heterocycles. The number of aromatic nitrogens is 2. The molecule has 2 aromatic rings. The van der Waals surface area contributed by atoms with E-state index in [1.165, 1.54) is 19.3 Å². The predicted molar refractivity (Wildman–Crippen MR) is 135 cm³/mol. The van der Waals surface area contributed by atoms with E-state index < -0.39 is 5.54 Å². The van der Waals surface area contributed by atoms with Crippen molar-refractivity contribution in [2.24, 2.45) is 0 Å². The molecule has 0 unspecified atom stereocenters. The lowest BCUT2D eigenvalue weighted by Crippen LogP contribution is -2.64. The Morgan fingerprint density at radius 1 is 1.12 bits per heavy atom. The SMILES string of the molecule is Cc1ccccc1CN1C(=O)c2cc(C(C)(C)C)nn2C[C@]1(C)C(=O)NC1CCCCCCC1. The number of aryl methyl sites for hydroxylation is 1. The fraction of sp³-hybridized carbons (Fsp3) is 0.607. The maximum atomic E-state index is 13.9. The van der Waals surface area contributed by atoms with Crippen LogP contribution in [0.4, 0.5) is 0 Å². The second-order valence-corrected chi connectivity index (χ2v) is 11.4. The molecule has 1 N–H and O–H groups in total. The van der Waals surface area contributed by atoms with Gasteiger partial charge in [0.1, 0.15) is 11.2 Å². The molecule has 1 aliphatic carbocycles. The molecule has 0 radical (unpaired) electrons. The molecule has 1 atom stereocenters. The Labute approximate surface area is 204 Å². The average Bonchev–Trinajstić information content (AvgIpc) is 3.18. The number of hydrogen-bond acceptors (Lipinski definition) is 3. The van der Waals surface area contributed by atoms with Crippen LogP contribution in [0.5, 0.6) is 0 Å². The number of amides is 2. The summed E-state index contributed by atoms with van der Waals surface area (Å²) >= 11 is 0. The first-order valence-corrected chi connectivity index (χ1v) is 12.9. The molecule has 34 heavy (non-hydrogen) atoms. The van der Waals surface area contributed by atoms with Crippen LogP contribution in [0.2, 0.25) is 0 Å². The zero-order valence-corrected chi connectivity index (χ0v) is 21.5. The van der Waals surface area contributed by atoms with Gasteiger partial charge in [-0.05, 0) is 43.9 Å². The summed E-state index contributed by atoms with van der Waals surface area (Å²) in [7, 11) is 0. The molecule has 6 nitrogen and oxygen atoms in total. The molecule has 1 saturated carbocycles. The van der Waals surface area contributed by atoms with Crippen molar-refractivity contribution in [1.29, 1.82) is 0 Å². The average molecular weight is 465 g/mol. The van der Waals surface area contributed by atoms with Gasteiger partial charge in [-0.2, -0.15) is 5.10 Å². The maximum Gasteiger partial charge on any atom is 0.273 e. The molecule has 1 aliphatic heterocycles. The van der Waals surface area contributed by atoms with Crippen molar-refractivity contribution in [2.75, 3.05) is 0 Å². The third kappa shape index (κ3) is 4.91. The summed E-state index contributed by atoms with van der Waals surface area (Å²) < 4.78 is 1.76. The Bertz CT molecular complexity index is 1040. The van der Waals surface area contributed by atoms with Gasteiger partial charge >= 0.3 is 0 Å². The first-order valence-electron chi connectivity index (χ1n) is 12.9. The second kappa shape index (κ2) is 9.55. The Hall–Kier alpha value is -2.63. The number of benzene rings is 1. The van der Waals surface area contributed by atoms with Crippen LogP contribution in [-0.2, 0) is 23.3 Å². The van der Waals surface area contributed by atoms with Crippen molar-refractivity contribution in [3.63, 3.8) is 0 Å². The standard InChI is InChI=1S/C28H40N4O2/c1-20-13-11-12-14-21(20)18-31-25(33)23-17-24(27(2,3)4)30-32(23)19-28(31,5)26(34)29-22-15-9-7-6-8-10-16-22/h11-14,17,22H,6-10,15-16,18-19H2,1-5H3,(H,29,34)/t28-/m1/s1. The van der Waals surface area contributed by atoms with Crippen molar-refractivity contribution >= 4 is 11.8 Å². The lowest BCUT2D eigenvalue weighted by Gasteiger charge is -2.44. The molecule has 4 rings (SSSR count). The van der Waals surface area contributed by atoms with Crippen molar-refractivity contribution in [3.8, 4) is 0 Å². The highest BCUT2D eigenvalue weighted by Gasteiger charge is 2.48. The van der Waals surface area contributed by atoms with Crippen molar-refractivity contribution in [3.05, 3.63) is 52.8 Å². The number of fused-ring (bicyclic) bond motifs is 1. The largest absolute Gasteiger partial charge is 0.351 e. The van der Waals surface area contributed by atoms with Crippen LogP contribution in [0.25, 0.3) is 0 Å². The molecule has 184 valence electrons. The number of rotatable bonds is 4. The predicted octanol–water partition coefficient (Wildman–Crippen LogP) is 5.13. The number of carbonyl (C=O) groups is 2. The van der Waals surface area contributed by atoms with Crippen LogP contribution in [0.3, 0.4) is 0 Å². The van der Waals surface area contributed by atoms with Crippen molar-refractivity contribution < 1.29 is 9.59 Å². The Morgan fingerprint density at radius 3 is 2.41 bits per heavy atom. The van der Waals surface area contributed by atoms with Crippen LogP contribution in [0.15, 0.2) is 30.3 Å². The zero-order valence-electron chi connectivity index (χ0n) is 21.5. The van der Waals surface area contributed by atoms with Gasteiger partial charge in [-0.3, -0.25) is 14.3 Å². The van der Waals surface area contributed by atoms with E-state index in [-0.39, 0.29) is 23.3 Å². The monoisotopic (exact) mass is 464 g/mol. The Morgan fingerprint density at radius 2 is 1.76 bits per heavy atom. The molecular formula is C28H40N4O2. The van der Waals surface area contributed by atoms with Gasteiger partial charge in [-0.1, -0.05) is 77.1 Å². The number of nitrogens with one attached hydrogen (secondary N) is 1. The molecular weight excluding hydrogens is 424 g/mol. The lowest BCUT2D eigenvalue weighted by atomic mass is 9.90. The van der Waals surface area contributed by atoms with Crippen molar-refractivity contribution in [1.82, 2.24) is 20.0 Å². The van der Waals surface area contributed by atoms with Crippen LogP contribution < -0.4 is 5.32 Å². The van der Waals surface area contributed by atoms with Gasteiger partial charge in [-0.15, -0.1) is 0 Å². The molecule has 0 bridgehead atoms. The zero-order chi connectivity index (χ0) is 24.5. The Balaban J connectivity index is 1.69. The minimum Gasteiger partial charge on any atom is -0.351 e. The smallest absolute Gasteiger partial charge is 0.273 e. The van der Waals surface area contributed by atoms with E-state index in [9.17, 15) is 9.59 Å². The topological polar surface area (TPSA) is 67.2 Å². The van der Waals surface area contributed by atoms with E-state index in [1.807, 2.05) is 31.2 Å². The van der Waals surface area contributed by atoms with Gasteiger partial charge in [0.15, 0.2) is 0 Å². The van der Waals surface area contributed by atoms with Gasteiger partial charge in [0.2, 0.25) is 5.91 Å². The number of carbonyl (C=O) groups excluding carboxylic acids is 2. The first-order chi connectivity index (χ1) is 16.1. The van der Waals surface area contributed by atoms with E-state index in [1.54, 1.807) is 9.58 Å². The van der Waals surface area contributed by atoms with Gasteiger partial charge in [-0.25, -0.2) is 0 Å². The molecule has 0 spiro atoms. The second-order valence-electron chi connectivity index (χ2n) is 11.4. The van der Waals surface area contributed by atoms with Gasteiger partial charge < -0.3 is 10.2 Å². The lowest BCUT2D eigenvalue weighted by molar-refractivity contribution is -0.134. The van der Waals surface area contributed by atoms with Gasteiger partial charge in [0.05, 0.1) is 12.2 Å².